The second-order valence-electron chi connectivity index (χ2n) is 8.16. The van der Waals surface area contributed by atoms with Crippen molar-refractivity contribution < 1.29 is 37.6 Å². The molecule has 0 saturated carbocycles. The summed E-state index contributed by atoms with van der Waals surface area (Å²) in [5, 5.41) is 0. The van der Waals surface area contributed by atoms with Crippen molar-refractivity contribution in [2.75, 3.05) is 26.4 Å². The third-order valence-electron chi connectivity index (χ3n) is 4.96. The molecule has 2 unspecified atom stereocenters. The second kappa shape index (κ2) is 22.2. The molecule has 0 amide bonds. The van der Waals surface area contributed by atoms with E-state index in [1.54, 1.807) is 6.92 Å². The lowest BCUT2D eigenvalue weighted by Gasteiger charge is -2.19. The molecule has 0 heterocycles. The third-order valence-corrected chi connectivity index (χ3v) is 5.94. The molecule has 10 heteroatoms. The first-order valence-electron chi connectivity index (χ1n) is 12.7. The lowest BCUT2D eigenvalue weighted by atomic mass is 10.1. The number of phosphoric ester groups is 1. The Morgan fingerprint density at radius 3 is 2.12 bits per heavy atom. The zero-order valence-corrected chi connectivity index (χ0v) is 22.0. The molecule has 0 rings (SSSR count). The van der Waals surface area contributed by atoms with Crippen molar-refractivity contribution in [3.05, 3.63) is 12.2 Å². The van der Waals surface area contributed by atoms with Crippen LogP contribution in [-0.2, 0) is 32.7 Å². The first-order chi connectivity index (χ1) is 16.3. The number of esters is 2. The van der Waals surface area contributed by atoms with E-state index in [1.165, 1.54) is 32.1 Å². The van der Waals surface area contributed by atoms with Crippen LogP contribution in [-0.4, -0.2) is 49.3 Å². The molecular formula is C24H46NO8P. The molecular weight excluding hydrogens is 461 g/mol. The van der Waals surface area contributed by atoms with Gasteiger partial charge in [0.2, 0.25) is 0 Å². The smallest absolute Gasteiger partial charge is 0.462 e. The van der Waals surface area contributed by atoms with Crippen molar-refractivity contribution in [1.29, 1.82) is 0 Å². The summed E-state index contributed by atoms with van der Waals surface area (Å²) in [6, 6.07) is 0. The summed E-state index contributed by atoms with van der Waals surface area (Å²) in [4.78, 5) is 33.2. The van der Waals surface area contributed by atoms with E-state index in [-0.39, 0.29) is 32.6 Å². The molecule has 2 atom stereocenters. The minimum absolute atomic E-state index is 0.0518. The lowest BCUT2D eigenvalue weighted by molar-refractivity contribution is -0.161. The van der Waals surface area contributed by atoms with Crippen LogP contribution >= 0.6 is 7.82 Å². The summed E-state index contributed by atoms with van der Waals surface area (Å²) in [6.07, 6.45) is 16.3. The SMILES string of the molecule is CCCCCC/C=C\CCCCCCCC(=O)OC(COC(=O)CC)COP(=O)(O)OCCN. The van der Waals surface area contributed by atoms with Gasteiger partial charge < -0.3 is 20.1 Å². The van der Waals surface area contributed by atoms with E-state index in [9.17, 15) is 19.0 Å². The van der Waals surface area contributed by atoms with Crippen molar-refractivity contribution >= 4 is 19.8 Å². The van der Waals surface area contributed by atoms with Gasteiger partial charge in [0.25, 0.3) is 0 Å². The van der Waals surface area contributed by atoms with Gasteiger partial charge in [-0.1, -0.05) is 64.5 Å². The summed E-state index contributed by atoms with van der Waals surface area (Å²) in [5.74, 6) is -0.943. The van der Waals surface area contributed by atoms with E-state index in [4.69, 9.17) is 19.7 Å². The van der Waals surface area contributed by atoms with Gasteiger partial charge in [-0.15, -0.1) is 0 Å². The van der Waals surface area contributed by atoms with Gasteiger partial charge in [-0.2, -0.15) is 0 Å². The van der Waals surface area contributed by atoms with Crippen LogP contribution in [0.2, 0.25) is 0 Å². The van der Waals surface area contributed by atoms with Crippen molar-refractivity contribution in [2.45, 2.75) is 103 Å². The molecule has 0 aliphatic heterocycles. The van der Waals surface area contributed by atoms with Crippen molar-refractivity contribution in [2.24, 2.45) is 5.73 Å². The number of phosphoric acid groups is 1. The number of hydrogen-bond donors (Lipinski definition) is 2. The van der Waals surface area contributed by atoms with Crippen LogP contribution in [0.5, 0.6) is 0 Å². The topological polar surface area (TPSA) is 134 Å². The number of nitrogens with two attached hydrogens (primary N) is 1. The predicted molar refractivity (Wildman–Crippen MR) is 132 cm³/mol. The Kier molecular flexibility index (Phi) is 21.4. The molecule has 200 valence electrons. The van der Waals surface area contributed by atoms with Gasteiger partial charge in [0, 0.05) is 19.4 Å². The average Bonchev–Trinajstić information content (AvgIpc) is 2.82. The zero-order chi connectivity index (χ0) is 25.5. The van der Waals surface area contributed by atoms with Crippen LogP contribution in [0, 0.1) is 0 Å². The minimum atomic E-state index is -4.33. The maximum atomic E-state index is 12.2. The van der Waals surface area contributed by atoms with E-state index >= 15 is 0 Å². The molecule has 0 aliphatic carbocycles. The van der Waals surface area contributed by atoms with Crippen LogP contribution in [0.4, 0.5) is 0 Å². The third kappa shape index (κ3) is 21.3. The molecule has 0 aromatic rings. The highest BCUT2D eigenvalue weighted by Gasteiger charge is 2.25. The second-order valence-corrected chi connectivity index (χ2v) is 9.62. The Hall–Kier alpha value is -1.25. The normalized spacial score (nSPS) is 14.1. The summed E-state index contributed by atoms with van der Waals surface area (Å²) in [6.45, 7) is 3.05. The van der Waals surface area contributed by atoms with Crippen LogP contribution in [0.1, 0.15) is 97.3 Å². The van der Waals surface area contributed by atoms with Crippen LogP contribution in [0.15, 0.2) is 12.2 Å². The Bertz CT molecular complexity index is 600. The summed E-state index contributed by atoms with van der Waals surface area (Å²) < 4.78 is 31.5. The highest BCUT2D eigenvalue weighted by molar-refractivity contribution is 7.47. The summed E-state index contributed by atoms with van der Waals surface area (Å²) >= 11 is 0. The van der Waals surface area contributed by atoms with Gasteiger partial charge in [0.05, 0.1) is 13.2 Å². The molecule has 0 bridgehead atoms. The van der Waals surface area contributed by atoms with Gasteiger partial charge in [0.15, 0.2) is 6.10 Å². The van der Waals surface area contributed by atoms with E-state index in [1.807, 2.05) is 0 Å². The Balaban J connectivity index is 4.09. The number of rotatable bonds is 23. The Morgan fingerprint density at radius 1 is 0.882 bits per heavy atom. The van der Waals surface area contributed by atoms with Gasteiger partial charge >= 0.3 is 19.8 Å². The quantitative estimate of drug-likeness (QED) is 0.0828. The fourth-order valence-corrected chi connectivity index (χ4v) is 3.78. The zero-order valence-electron chi connectivity index (χ0n) is 21.1. The number of allylic oxidation sites excluding steroid dienone is 2. The predicted octanol–water partition coefficient (Wildman–Crippen LogP) is 5.20. The van der Waals surface area contributed by atoms with Crippen LogP contribution in [0.25, 0.3) is 0 Å². The average molecular weight is 508 g/mol. The maximum Gasteiger partial charge on any atom is 0.472 e. The van der Waals surface area contributed by atoms with E-state index in [2.05, 4.69) is 23.6 Å². The van der Waals surface area contributed by atoms with E-state index in [0.29, 0.717) is 6.42 Å². The molecule has 0 aliphatic rings. The monoisotopic (exact) mass is 507 g/mol. The molecule has 0 saturated heterocycles. The first kappa shape index (κ1) is 32.8. The number of unbranched alkanes of at least 4 members (excludes halogenated alkanes) is 9. The fourth-order valence-electron chi connectivity index (χ4n) is 3.02. The van der Waals surface area contributed by atoms with Gasteiger partial charge in [-0.05, 0) is 32.1 Å². The molecule has 34 heavy (non-hydrogen) atoms. The minimum Gasteiger partial charge on any atom is -0.462 e. The Labute approximate surface area is 205 Å². The molecule has 0 aromatic carbocycles. The lowest BCUT2D eigenvalue weighted by Crippen LogP contribution is -2.29. The largest absolute Gasteiger partial charge is 0.472 e. The molecule has 3 N–H and O–H groups in total. The number of carbonyl (C=O) groups is 2. The highest BCUT2D eigenvalue weighted by Crippen LogP contribution is 2.43. The highest BCUT2D eigenvalue weighted by atomic mass is 31.2. The number of carbonyl (C=O) groups excluding carboxylic acids is 2. The molecule has 0 radical (unpaired) electrons. The van der Waals surface area contributed by atoms with Gasteiger partial charge in [-0.3, -0.25) is 18.6 Å². The van der Waals surface area contributed by atoms with E-state index in [0.717, 1.165) is 32.1 Å². The standard InChI is InChI=1S/C24H46NO8P/c1-3-5-6-7-8-9-10-11-12-13-14-15-16-17-24(27)33-22(20-30-23(26)4-2)21-32-34(28,29)31-19-18-25/h9-10,22H,3-8,11-21,25H2,1-2H3,(H,28,29)/b10-9-. The number of ether oxygens (including phenoxy) is 2. The molecule has 0 fully saturated rings. The molecule has 9 nitrogen and oxygen atoms in total. The fraction of sp³-hybridized carbons (Fsp3) is 0.833. The summed E-state index contributed by atoms with van der Waals surface area (Å²) in [5.41, 5.74) is 5.23. The van der Waals surface area contributed by atoms with Crippen molar-refractivity contribution in [1.82, 2.24) is 0 Å². The summed E-state index contributed by atoms with van der Waals surface area (Å²) in [7, 11) is -4.33. The molecule has 0 spiro atoms. The van der Waals surface area contributed by atoms with Crippen LogP contribution < -0.4 is 5.73 Å². The Morgan fingerprint density at radius 2 is 1.50 bits per heavy atom. The van der Waals surface area contributed by atoms with Crippen LogP contribution in [0.3, 0.4) is 0 Å². The number of hydrogen-bond acceptors (Lipinski definition) is 8. The van der Waals surface area contributed by atoms with Crippen molar-refractivity contribution in [3.63, 3.8) is 0 Å². The molecule has 0 aromatic heterocycles. The first-order valence-corrected chi connectivity index (χ1v) is 14.2. The maximum absolute atomic E-state index is 12.2. The van der Waals surface area contributed by atoms with Crippen molar-refractivity contribution in [3.8, 4) is 0 Å². The van der Waals surface area contributed by atoms with Gasteiger partial charge in [-0.25, -0.2) is 4.57 Å². The van der Waals surface area contributed by atoms with Gasteiger partial charge in [0.1, 0.15) is 6.61 Å². The van der Waals surface area contributed by atoms with E-state index < -0.39 is 32.5 Å².